The van der Waals surface area contributed by atoms with Gasteiger partial charge in [-0.1, -0.05) is 69.8 Å². The molecule has 6 aromatic rings. The molecule has 11 nitrogen and oxygen atoms in total. The van der Waals surface area contributed by atoms with Crippen molar-refractivity contribution in [2.24, 2.45) is 0 Å². The van der Waals surface area contributed by atoms with Crippen LogP contribution in [0.3, 0.4) is 0 Å². The number of carbonyl (C=O) groups excluding carboxylic acids is 1. The molecular formula is C33H21Br4F3O11S. The zero-order chi connectivity index (χ0) is 39.0. The molecule has 2 heterocycles. The van der Waals surface area contributed by atoms with Gasteiger partial charge in [0.05, 0.1) is 28.5 Å². The third-order valence-corrected chi connectivity index (χ3v) is 8.92. The normalized spacial score (nSPS) is 10.9. The standard InChI is InChI=1S/C10H4BrF3O5S.C9H5BrO3.C8H7BrO2.C6H5BrO/c11-5-1-2-6-7(3-5)18-9(15)4-8(6)19-20(16,17)10(12,13)14;10-5-1-2-6-7(11)4-9(12)13-8(6)3-5;1-5(10)7-3-2-6(9)4-8(7)11;7-5-2-1-3-6(8)4-5/h1-4H;1-4,11H;2-4,11H,1H3;1-4,8H. The highest BCUT2D eigenvalue weighted by Gasteiger charge is 2.48. The van der Waals surface area contributed by atoms with Gasteiger partial charge in [0.15, 0.2) is 11.5 Å². The van der Waals surface area contributed by atoms with Gasteiger partial charge in [0.25, 0.3) is 0 Å². The van der Waals surface area contributed by atoms with E-state index in [0.717, 1.165) is 19.5 Å². The van der Waals surface area contributed by atoms with Gasteiger partial charge in [0, 0.05) is 17.9 Å². The summed E-state index contributed by atoms with van der Waals surface area (Å²) in [5.41, 5.74) is -6.57. The first-order valence-electron chi connectivity index (χ1n) is 13.8. The van der Waals surface area contributed by atoms with E-state index < -0.39 is 32.6 Å². The Hall–Kier alpha value is -4.17. The van der Waals surface area contributed by atoms with Crippen LogP contribution in [0, 0.1) is 0 Å². The highest BCUT2D eigenvalue weighted by atomic mass is 79.9. The lowest BCUT2D eigenvalue weighted by Gasteiger charge is -2.10. The predicted molar refractivity (Wildman–Crippen MR) is 199 cm³/mol. The number of carbonyl (C=O) groups is 1. The molecule has 19 heteroatoms. The molecule has 52 heavy (non-hydrogen) atoms. The topological polar surface area (TPSA) is 182 Å². The molecule has 0 radical (unpaired) electrons. The van der Waals surface area contributed by atoms with E-state index in [1.54, 1.807) is 48.5 Å². The van der Waals surface area contributed by atoms with Gasteiger partial charge in [-0.25, -0.2) is 9.59 Å². The highest BCUT2D eigenvalue weighted by Crippen LogP contribution is 2.32. The molecule has 0 saturated carbocycles. The molecule has 0 aliphatic heterocycles. The number of fused-ring (bicyclic) bond motifs is 2. The Morgan fingerprint density at radius 1 is 0.673 bits per heavy atom. The van der Waals surface area contributed by atoms with Crippen LogP contribution < -0.4 is 15.4 Å². The van der Waals surface area contributed by atoms with E-state index in [4.69, 9.17) is 13.9 Å². The number of phenols is 2. The Labute approximate surface area is 324 Å². The van der Waals surface area contributed by atoms with Crippen molar-refractivity contribution in [3.05, 3.63) is 135 Å². The Kier molecular flexibility index (Phi) is 14.7. The molecule has 0 atom stereocenters. The Bertz CT molecular complexity index is 2450. The molecule has 0 spiro atoms. The van der Waals surface area contributed by atoms with Gasteiger partial charge in [-0.05, 0) is 79.7 Å². The molecule has 274 valence electrons. The molecular weight excluding hydrogens is 981 g/mol. The smallest absolute Gasteiger partial charge is 0.508 e. The fraction of sp³-hybridized carbons (Fsp3) is 0.0606. The molecule has 6 rings (SSSR count). The summed E-state index contributed by atoms with van der Waals surface area (Å²) in [6, 6.07) is 22.3. The van der Waals surface area contributed by atoms with Crippen LogP contribution in [0.15, 0.2) is 127 Å². The van der Waals surface area contributed by atoms with Crippen molar-refractivity contribution in [1.82, 2.24) is 0 Å². The van der Waals surface area contributed by atoms with Crippen molar-refractivity contribution in [1.29, 1.82) is 0 Å². The zero-order valence-electron chi connectivity index (χ0n) is 25.8. The molecule has 0 unspecified atom stereocenters. The van der Waals surface area contributed by atoms with Gasteiger partial charge < -0.3 is 28.3 Å². The second-order valence-electron chi connectivity index (χ2n) is 9.84. The first-order valence-corrected chi connectivity index (χ1v) is 18.4. The maximum Gasteiger partial charge on any atom is 0.534 e. The summed E-state index contributed by atoms with van der Waals surface area (Å²) < 4.78 is 75.2. The second kappa shape index (κ2) is 18.0. The van der Waals surface area contributed by atoms with Gasteiger partial charge in [-0.2, -0.15) is 21.6 Å². The van der Waals surface area contributed by atoms with Crippen molar-refractivity contribution in [2.45, 2.75) is 12.4 Å². The van der Waals surface area contributed by atoms with E-state index >= 15 is 0 Å². The summed E-state index contributed by atoms with van der Waals surface area (Å²) in [5, 5.41) is 27.8. The zero-order valence-corrected chi connectivity index (χ0v) is 33.0. The largest absolute Gasteiger partial charge is 0.534 e. The van der Waals surface area contributed by atoms with E-state index in [1.807, 2.05) is 6.07 Å². The van der Waals surface area contributed by atoms with Crippen molar-refractivity contribution in [3.8, 4) is 23.0 Å². The number of hydrogen-bond donors (Lipinski definition) is 3. The monoisotopic (exact) mass is 998 g/mol. The van der Waals surface area contributed by atoms with Crippen LogP contribution in [0.1, 0.15) is 17.3 Å². The molecule has 2 aromatic heterocycles. The number of hydrogen-bond acceptors (Lipinski definition) is 11. The van der Waals surface area contributed by atoms with Crippen molar-refractivity contribution >= 4 is 102 Å². The van der Waals surface area contributed by atoms with E-state index in [9.17, 15) is 46.2 Å². The number of ketones is 1. The molecule has 0 amide bonds. The quantitative estimate of drug-likeness (QED) is 0.0665. The summed E-state index contributed by atoms with van der Waals surface area (Å²) >= 11 is 12.7. The minimum absolute atomic E-state index is 0.0203. The molecule has 0 aliphatic rings. The van der Waals surface area contributed by atoms with Gasteiger partial charge in [0.2, 0.25) is 0 Å². The lowest BCUT2D eigenvalue weighted by atomic mass is 10.1. The average Bonchev–Trinajstić information content (AvgIpc) is 3.00. The van der Waals surface area contributed by atoms with Gasteiger partial charge in [-0.15, -0.1) is 0 Å². The summed E-state index contributed by atoms with van der Waals surface area (Å²) in [6.45, 7) is 1.42. The molecule has 0 saturated heterocycles. The molecule has 0 aliphatic carbocycles. The molecule has 0 bridgehead atoms. The number of phenolic OH excluding ortho intramolecular Hbond substituents is 2. The van der Waals surface area contributed by atoms with Crippen molar-refractivity contribution in [3.63, 3.8) is 0 Å². The first-order chi connectivity index (χ1) is 24.2. The van der Waals surface area contributed by atoms with Crippen LogP contribution in [0.5, 0.6) is 23.0 Å². The van der Waals surface area contributed by atoms with Crippen LogP contribution in [0.4, 0.5) is 13.2 Å². The first kappa shape index (κ1) is 42.2. The lowest BCUT2D eigenvalue weighted by Crippen LogP contribution is -2.28. The Morgan fingerprint density at radius 2 is 1.17 bits per heavy atom. The highest BCUT2D eigenvalue weighted by molar-refractivity contribution is 9.11. The SMILES string of the molecule is CC(=O)c1ccc(Br)cc1O.O=c1cc(O)c2ccc(Br)cc2o1.O=c1cc(OS(=O)(=O)C(F)(F)F)c2ccc(Br)cc2o1.Oc1cccc(Br)c1. The number of alkyl halides is 3. The number of aromatic hydroxyl groups is 3. The predicted octanol–water partition coefficient (Wildman–Crippen LogP) is 9.56. The van der Waals surface area contributed by atoms with Crippen LogP contribution in [0.2, 0.25) is 0 Å². The average molecular weight is 1000 g/mol. The second-order valence-corrected chi connectivity index (χ2v) is 15.0. The van der Waals surface area contributed by atoms with E-state index in [1.165, 1.54) is 31.2 Å². The molecule has 3 N–H and O–H groups in total. The lowest BCUT2D eigenvalue weighted by molar-refractivity contribution is -0.0499. The third-order valence-electron chi connectivity index (χ3n) is 5.98. The maximum absolute atomic E-state index is 12.3. The third kappa shape index (κ3) is 12.2. The fourth-order valence-corrected chi connectivity index (χ4v) is 5.62. The van der Waals surface area contributed by atoms with Crippen LogP contribution in [-0.4, -0.2) is 35.0 Å². The molecule has 0 fully saturated rings. The minimum atomic E-state index is -5.86. The van der Waals surface area contributed by atoms with Crippen molar-refractivity contribution in [2.75, 3.05) is 0 Å². The van der Waals surface area contributed by atoms with Crippen LogP contribution >= 0.6 is 63.7 Å². The number of halogens is 7. The maximum atomic E-state index is 12.3. The summed E-state index contributed by atoms with van der Waals surface area (Å²) in [5.74, 6) is -0.624. The van der Waals surface area contributed by atoms with Crippen LogP contribution in [0.25, 0.3) is 21.9 Å². The van der Waals surface area contributed by atoms with Gasteiger partial charge >= 0.3 is 26.9 Å². The summed E-state index contributed by atoms with van der Waals surface area (Å²) in [4.78, 5) is 32.9. The number of rotatable bonds is 3. The Morgan fingerprint density at radius 3 is 1.67 bits per heavy atom. The summed E-state index contributed by atoms with van der Waals surface area (Å²) in [6.07, 6.45) is 0. The van der Waals surface area contributed by atoms with Crippen molar-refractivity contribution < 1.29 is 54.7 Å². The summed E-state index contributed by atoms with van der Waals surface area (Å²) in [7, 11) is -5.86. The minimum Gasteiger partial charge on any atom is -0.508 e. The van der Waals surface area contributed by atoms with Crippen LogP contribution in [-0.2, 0) is 10.1 Å². The molecule has 4 aromatic carbocycles. The van der Waals surface area contributed by atoms with E-state index in [2.05, 4.69) is 67.9 Å². The fourth-order valence-electron chi connectivity index (χ4n) is 3.74. The van der Waals surface area contributed by atoms with Gasteiger partial charge in [-0.3, -0.25) is 4.79 Å². The van der Waals surface area contributed by atoms with E-state index in [-0.39, 0.29) is 28.3 Å². The van der Waals surface area contributed by atoms with Gasteiger partial charge in [0.1, 0.15) is 28.4 Å². The number of Topliss-reactive ketones (excluding diaryl/α,β-unsaturated/α-hetero) is 1. The number of benzene rings is 4. The Balaban J connectivity index is 0.000000198. The van der Waals surface area contributed by atoms with E-state index in [0.29, 0.717) is 32.8 Å².